The molecule has 0 saturated heterocycles. The quantitative estimate of drug-likeness (QED) is 0.502. The van der Waals surface area contributed by atoms with Crippen molar-refractivity contribution in [3.63, 3.8) is 0 Å². The van der Waals surface area contributed by atoms with Gasteiger partial charge < -0.3 is 9.26 Å². The summed E-state index contributed by atoms with van der Waals surface area (Å²) in [7, 11) is 0. The number of hydrogen-bond acceptors (Lipinski definition) is 4. The first-order valence-corrected chi connectivity index (χ1v) is 9.24. The van der Waals surface area contributed by atoms with Gasteiger partial charge in [-0.3, -0.25) is 5.32 Å². The van der Waals surface area contributed by atoms with Gasteiger partial charge in [-0.1, -0.05) is 59.2 Å². The van der Waals surface area contributed by atoms with Crippen LogP contribution >= 0.6 is 23.2 Å². The van der Waals surface area contributed by atoms with E-state index >= 15 is 0 Å². The number of ether oxygens (including phenoxy) is 1. The molecule has 5 nitrogen and oxygen atoms in total. The molecule has 0 aliphatic rings. The third-order valence-electron chi connectivity index (χ3n) is 4.09. The van der Waals surface area contributed by atoms with Crippen LogP contribution in [-0.4, -0.2) is 11.2 Å². The molecule has 0 spiro atoms. The van der Waals surface area contributed by atoms with Crippen molar-refractivity contribution in [1.82, 2.24) is 5.16 Å². The lowest BCUT2D eigenvalue weighted by Crippen LogP contribution is -2.17. The summed E-state index contributed by atoms with van der Waals surface area (Å²) >= 11 is 12.0. The van der Waals surface area contributed by atoms with E-state index in [2.05, 4.69) is 10.5 Å². The predicted octanol–water partition coefficient (Wildman–Crippen LogP) is 6.35. The van der Waals surface area contributed by atoms with Gasteiger partial charge in [0, 0.05) is 22.0 Å². The lowest BCUT2D eigenvalue weighted by atomic mass is 10.1. The van der Waals surface area contributed by atoms with Crippen molar-refractivity contribution in [2.24, 2.45) is 0 Å². The number of hydrogen-bond donors (Lipinski definition) is 1. The maximum atomic E-state index is 12.4. The normalized spacial score (nSPS) is 11.9. The Kier molecular flexibility index (Phi) is 6.04. The topological polar surface area (TPSA) is 64.4 Å². The minimum Gasteiger partial charge on any atom is -0.441 e. The van der Waals surface area contributed by atoms with Gasteiger partial charge in [0.1, 0.15) is 17.5 Å². The summed E-state index contributed by atoms with van der Waals surface area (Å²) < 4.78 is 10.8. The first kappa shape index (κ1) is 19.3. The Morgan fingerprint density at radius 2 is 1.93 bits per heavy atom. The molecule has 0 aliphatic heterocycles. The number of halogens is 2. The lowest BCUT2D eigenvalue weighted by molar-refractivity contribution is 0.121. The predicted molar refractivity (Wildman–Crippen MR) is 106 cm³/mol. The summed E-state index contributed by atoms with van der Waals surface area (Å²) in [5.74, 6) is 0.878. The number of nitrogens with one attached hydrogen (secondary N) is 1. The van der Waals surface area contributed by atoms with Crippen molar-refractivity contribution in [2.75, 3.05) is 5.32 Å². The zero-order chi connectivity index (χ0) is 19.4. The molecule has 1 amide bonds. The summed E-state index contributed by atoms with van der Waals surface area (Å²) in [5.41, 5.74) is 3.50. The molecule has 27 heavy (non-hydrogen) atoms. The third-order valence-corrected chi connectivity index (χ3v) is 4.74. The smallest absolute Gasteiger partial charge is 0.412 e. The number of aryl methyl sites for hydroxylation is 1. The second-order valence-corrected chi connectivity index (χ2v) is 6.67. The number of amides is 1. The standard InChI is InChI=1S/C20H18Cl2N2O3/c1-12-18(19(27-24-12)15-9-7-14(11-21)8-10-15)23-20(25)26-13(2)16-5-3-4-6-17(16)22/h3-10,13H,11H2,1-2H3,(H,23,25)/t13-/m1/s1. The fourth-order valence-electron chi connectivity index (χ4n) is 2.62. The Bertz CT molecular complexity index is 939. The number of nitrogens with zero attached hydrogens (tertiary/aromatic N) is 1. The summed E-state index contributed by atoms with van der Waals surface area (Å²) in [4.78, 5) is 12.4. The van der Waals surface area contributed by atoms with Gasteiger partial charge in [0.05, 0.1) is 0 Å². The fourth-order valence-corrected chi connectivity index (χ4v) is 3.09. The summed E-state index contributed by atoms with van der Waals surface area (Å²) in [6, 6.07) is 14.7. The Morgan fingerprint density at radius 1 is 1.22 bits per heavy atom. The number of carbonyl (C=O) groups is 1. The maximum absolute atomic E-state index is 12.4. The molecule has 3 rings (SSSR count). The van der Waals surface area contributed by atoms with E-state index in [0.717, 1.165) is 16.7 Å². The second kappa shape index (κ2) is 8.46. The Labute approximate surface area is 167 Å². The van der Waals surface area contributed by atoms with E-state index in [4.69, 9.17) is 32.5 Å². The second-order valence-electron chi connectivity index (χ2n) is 6.00. The van der Waals surface area contributed by atoms with E-state index in [1.807, 2.05) is 42.5 Å². The van der Waals surface area contributed by atoms with Crippen molar-refractivity contribution >= 4 is 35.0 Å². The number of alkyl halides is 1. The molecule has 3 aromatic rings. The summed E-state index contributed by atoms with van der Waals surface area (Å²) in [6.07, 6.45) is -1.13. The van der Waals surface area contributed by atoms with Gasteiger partial charge in [-0.05, 0) is 25.5 Å². The Hall–Kier alpha value is -2.50. The molecule has 1 atom stereocenters. The monoisotopic (exact) mass is 404 g/mol. The van der Waals surface area contributed by atoms with Crippen LogP contribution in [-0.2, 0) is 10.6 Å². The molecule has 0 radical (unpaired) electrons. The van der Waals surface area contributed by atoms with Crippen LogP contribution in [0.5, 0.6) is 0 Å². The molecule has 7 heteroatoms. The molecular formula is C20H18Cl2N2O3. The van der Waals surface area contributed by atoms with Crippen LogP contribution < -0.4 is 5.32 Å². The van der Waals surface area contributed by atoms with Crippen LogP contribution in [0.3, 0.4) is 0 Å². The molecule has 0 bridgehead atoms. The first-order valence-electron chi connectivity index (χ1n) is 8.33. The van der Waals surface area contributed by atoms with Crippen LogP contribution in [0.1, 0.15) is 29.8 Å². The van der Waals surface area contributed by atoms with E-state index in [1.54, 1.807) is 19.9 Å². The van der Waals surface area contributed by atoms with Gasteiger partial charge in [0.2, 0.25) is 0 Å². The molecule has 1 N–H and O–H groups in total. The van der Waals surface area contributed by atoms with Crippen molar-refractivity contribution in [3.05, 3.63) is 70.4 Å². The summed E-state index contributed by atoms with van der Waals surface area (Å²) in [5, 5.41) is 7.21. The molecule has 0 aliphatic carbocycles. The van der Waals surface area contributed by atoms with Gasteiger partial charge in [-0.15, -0.1) is 11.6 Å². The highest BCUT2D eigenvalue weighted by Gasteiger charge is 2.20. The Balaban J connectivity index is 1.76. The zero-order valence-corrected chi connectivity index (χ0v) is 16.3. The zero-order valence-electron chi connectivity index (χ0n) is 14.8. The molecule has 1 heterocycles. The van der Waals surface area contributed by atoms with E-state index in [0.29, 0.717) is 28.0 Å². The number of rotatable bonds is 5. The van der Waals surface area contributed by atoms with Gasteiger partial charge in [-0.2, -0.15) is 0 Å². The highest BCUT2D eigenvalue weighted by Crippen LogP contribution is 2.32. The van der Waals surface area contributed by atoms with Gasteiger partial charge >= 0.3 is 6.09 Å². The minimum atomic E-state index is -0.618. The van der Waals surface area contributed by atoms with E-state index < -0.39 is 12.2 Å². The molecule has 140 valence electrons. The van der Waals surface area contributed by atoms with Crippen molar-refractivity contribution in [3.8, 4) is 11.3 Å². The molecule has 2 aromatic carbocycles. The lowest BCUT2D eigenvalue weighted by Gasteiger charge is -2.15. The fraction of sp³-hybridized carbons (Fsp3) is 0.200. The number of carbonyl (C=O) groups excluding carboxylic acids is 1. The van der Waals surface area contributed by atoms with Crippen LogP contribution in [0.25, 0.3) is 11.3 Å². The first-order chi connectivity index (χ1) is 13.0. The Morgan fingerprint density at radius 3 is 2.59 bits per heavy atom. The van der Waals surface area contributed by atoms with E-state index in [-0.39, 0.29) is 0 Å². The highest BCUT2D eigenvalue weighted by molar-refractivity contribution is 6.31. The third kappa shape index (κ3) is 4.43. The minimum absolute atomic E-state index is 0.424. The summed E-state index contributed by atoms with van der Waals surface area (Å²) in [6.45, 7) is 3.50. The van der Waals surface area contributed by atoms with Crippen LogP contribution in [0, 0.1) is 6.92 Å². The van der Waals surface area contributed by atoms with Gasteiger partial charge in [0.25, 0.3) is 0 Å². The van der Waals surface area contributed by atoms with E-state index in [9.17, 15) is 4.79 Å². The number of benzene rings is 2. The van der Waals surface area contributed by atoms with E-state index in [1.165, 1.54) is 0 Å². The highest BCUT2D eigenvalue weighted by atomic mass is 35.5. The van der Waals surface area contributed by atoms with Crippen LogP contribution in [0.4, 0.5) is 10.5 Å². The molecular weight excluding hydrogens is 387 g/mol. The van der Waals surface area contributed by atoms with Crippen molar-refractivity contribution in [2.45, 2.75) is 25.8 Å². The van der Waals surface area contributed by atoms with Gasteiger partial charge in [0.15, 0.2) is 5.76 Å². The van der Waals surface area contributed by atoms with Gasteiger partial charge in [-0.25, -0.2) is 4.79 Å². The van der Waals surface area contributed by atoms with Crippen LogP contribution in [0.2, 0.25) is 5.02 Å². The van der Waals surface area contributed by atoms with Crippen LogP contribution in [0.15, 0.2) is 53.1 Å². The molecule has 1 aromatic heterocycles. The average Bonchev–Trinajstić information content (AvgIpc) is 3.02. The largest absolute Gasteiger partial charge is 0.441 e. The van der Waals surface area contributed by atoms with Crippen molar-refractivity contribution in [1.29, 1.82) is 0 Å². The maximum Gasteiger partial charge on any atom is 0.412 e. The average molecular weight is 405 g/mol. The van der Waals surface area contributed by atoms with Crippen molar-refractivity contribution < 1.29 is 14.1 Å². The molecule has 0 saturated carbocycles. The number of anilines is 1. The molecule has 0 unspecified atom stereocenters. The molecule has 0 fully saturated rings. The number of aromatic nitrogens is 1. The SMILES string of the molecule is Cc1noc(-c2ccc(CCl)cc2)c1NC(=O)O[C@H](C)c1ccccc1Cl.